The van der Waals surface area contributed by atoms with Crippen LogP contribution in [-0.2, 0) is 0 Å². The number of allylic oxidation sites excluding steroid dienone is 3. The monoisotopic (exact) mass is 350 g/mol. The Morgan fingerprint density at radius 3 is 0.280 bits per heavy atom. The molecule has 0 nitrogen and oxygen atoms in total. The molecule has 0 saturated carbocycles. The van der Waals surface area contributed by atoms with Crippen molar-refractivity contribution in [2.45, 2.75) is 20.8 Å². The molecule has 0 fully saturated rings. The molecule has 0 bridgehead atoms. The molecule has 0 aromatic rings. The van der Waals surface area contributed by atoms with E-state index >= 15 is 0 Å². The van der Waals surface area contributed by atoms with Crippen LogP contribution in [0.25, 0.3) is 0 Å². The standard InChI is InChI=1S/3C3H6.8C2H4/c3*1-3-2;8*1-2/h3*3H,1H2,2H3;8*1-2H2. The number of hydrogen-bond donors (Lipinski definition) is 0. The Kier molecular flexibility index (Phi) is 1400000. The minimum absolute atomic E-state index is 1.75. The Labute approximate surface area is 164 Å². The molecule has 0 aromatic heterocycles. The van der Waals surface area contributed by atoms with Crippen molar-refractivity contribution in [3.8, 4) is 0 Å². The molecule has 0 rings (SSSR count). The highest BCUT2D eigenvalue weighted by atomic mass is 13.2. The lowest BCUT2D eigenvalue weighted by Gasteiger charge is -1.31. The summed E-state index contributed by atoms with van der Waals surface area (Å²) in [6, 6.07) is 0. The van der Waals surface area contributed by atoms with Gasteiger partial charge in [0, 0.05) is 0 Å². The molecule has 25 heavy (non-hydrogen) atoms. The van der Waals surface area contributed by atoms with E-state index in [1.807, 2.05) is 20.8 Å². The summed E-state index contributed by atoms with van der Waals surface area (Å²) in [5.74, 6) is 0. The summed E-state index contributed by atoms with van der Waals surface area (Å²) in [6.07, 6.45) is 5.25. The highest BCUT2D eigenvalue weighted by Gasteiger charge is 1.15. The van der Waals surface area contributed by atoms with Crippen molar-refractivity contribution in [3.05, 3.63) is 143 Å². The lowest BCUT2D eigenvalue weighted by molar-refractivity contribution is 1.80. The summed E-state index contributed by atoms with van der Waals surface area (Å²) >= 11 is 0. The maximum Gasteiger partial charge on any atom is -0.0473 e. The van der Waals surface area contributed by atoms with Crippen LogP contribution in [0.3, 0.4) is 0 Å². The fourth-order valence-corrected chi connectivity index (χ4v) is 0. The number of rotatable bonds is 0. The van der Waals surface area contributed by atoms with Crippen LogP contribution in [0.1, 0.15) is 20.8 Å². The van der Waals surface area contributed by atoms with Gasteiger partial charge in [0.25, 0.3) is 0 Å². The molecule has 150 valence electrons. The molecule has 0 N–H and O–H groups in total. The van der Waals surface area contributed by atoms with E-state index in [1.165, 1.54) is 0 Å². The van der Waals surface area contributed by atoms with E-state index in [4.69, 9.17) is 0 Å². The zero-order chi connectivity index (χ0) is 24.1. The summed E-state index contributed by atoms with van der Waals surface area (Å²) in [4.78, 5) is 0. The average Bonchev–Trinajstić information content (AvgIpc) is 2.75. The molecule has 0 saturated heterocycles. The summed E-state index contributed by atoms with van der Waals surface area (Å²) < 4.78 is 0. The van der Waals surface area contributed by atoms with Gasteiger partial charge in [0.15, 0.2) is 0 Å². The van der Waals surface area contributed by atoms with Crippen molar-refractivity contribution in [2.75, 3.05) is 0 Å². The minimum atomic E-state index is 1.75. The first-order chi connectivity index (χ1) is 12.2. The molecule has 0 aromatic carbocycles. The first kappa shape index (κ1) is 79.7. The second kappa shape index (κ2) is 437000. The van der Waals surface area contributed by atoms with Crippen molar-refractivity contribution in [2.24, 2.45) is 0 Å². The van der Waals surface area contributed by atoms with Crippen LogP contribution in [0.4, 0.5) is 0 Å². The third-order valence-corrected chi connectivity index (χ3v) is 0. The summed E-state index contributed by atoms with van der Waals surface area (Å²) in [7, 11) is 0. The highest BCUT2D eigenvalue weighted by molar-refractivity contribution is 4.52. The first-order valence-electron chi connectivity index (χ1n) is 6.96. The van der Waals surface area contributed by atoms with Crippen LogP contribution in [-0.4, -0.2) is 0 Å². The fraction of sp³-hybridized carbons (Fsp3) is 0.120. The van der Waals surface area contributed by atoms with Crippen molar-refractivity contribution >= 4 is 0 Å². The van der Waals surface area contributed by atoms with Crippen LogP contribution in [0, 0.1) is 0 Å². The molecule has 0 aliphatic heterocycles. The van der Waals surface area contributed by atoms with Crippen molar-refractivity contribution in [1.82, 2.24) is 0 Å². The molecule has 0 atom stereocenters. The van der Waals surface area contributed by atoms with Gasteiger partial charge >= 0.3 is 0 Å². The Hall–Kier alpha value is -2.86. The smallest absolute Gasteiger partial charge is 0.0473 e. The van der Waals surface area contributed by atoms with Gasteiger partial charge in [-0.05, 0) is 20.8 Å². The molecule has 0 amide bonds. The summed E-state index contributed by atoms with van der Waals surface area (Å²) in [5.41, 5.74) is 0. The quantitative estimate of drug-likeness (QED) is 0.381. The van der Waals surface area contributed by atoms with Crippen LogP contribution in [0.15, 0.2) is 143 Å². The van der Waals surface area contributed by atoms with Gasteiger partial charge in [-0.2, -0.15) is 0 Å². The van der Waals surface area contributed by atoms with Crippen LogP contribution >= 0.6 is 0 Å². The topological polar surface area (TPSA) is 0 Å². The minimum Gasteiger partial charge on any atom is -0.106 e. The largest absolute Gasteiger partial charge is 0.106 e. The zero-order valence-corrected chi connectivity index (χ0v) is 18.2. The van der Waals surface area contributed by atoms with Gasteiger partial charge in [0.05, 0.1) is 0 Å². The van der Waals surface area contributed by atoms with Crippen LogP contribution < -0.4 is 0 Å². The van der Waals surface area contributed by atoms with E-state index in [-0.39, 0.29) is 0 Å². The average molecular weight is 351 g/mol. The van der Waals surface area contributed by atoms with E-state index in [9.17, 15) is 0 Å². The van der Waals surface area contributed by atoms with Crippen molar-refractivity contribution in [1.29, 1.82) is 0 Å². The molecular weight excluding hydrogens is 300 g/mol. The van der Waals surface area contributed by atoms with Crippen molar-refractivity contribution < 1.29 is 0 Å². The Morgan fingerprint density at radius 1 is 0.280 bits per heavy atom. The molecule has 0 heterocycles. The summed E-state index contributed by atoms with van der Waals surface area (Å²) in [5, 5.41) is 0. The van der Waals surface area contributed by atoms with Gasteiger partial charge in [-0.15, -0.1) is 125 Å². The maximum absolute atomic E-state index is 3.36. The van der Waals surface area contributed by atoms with E-state index < -0.39 is 0 Å². The third-order valence-electron chi connectivity index (χ3n) is 0. The van der Waals surface area contributed by atoms with E-state index in [0.717, 1.165) is 0 Å². The normalized spacial score (nSPS) is 2.84. The lowest BCUT2D eigenvalue weighted by Crippen LogP contribution is -1.07. The molecule has 0 heteroatoms. The van der Waals surface area contributed by atoms with Gasteiger partial charge in [-0.3, -0.25) is 0 Å². The zero-order valence-electron chi connectivity index (χ0n) is 18.2. The van der Waals surface area contributed by atoms with Crippen molar-refractivity contribution in [3.63, 3.8) is 0 Å². The van der Waals surface area contributed by atoms with Gasteiger partial charge in [-0.25, -0.2) is 0 Å². The predicted molar refractivity (Wildman–Crippen MR) is 138 cm³/mol. The fourth-order valence-electron chi connectivity index (χ4n) is 0. The van der Waals surface area contributed by atoms with Gasteiger partial charge in [0.1, 0.15) is 0 Å². The molecule has 0 spiro atoms. The molecule has 0 aliphatic rings. The van der Waals surface area contributed by atoms with Gasteiger partial charge in [-0.1, -0.05) is 18.2 Å². The van der Waals surface area contributed by atoms with E-state index in [2.05, 4.69) is 125 Å². The molecule has 0 aliphatic carbocycles. The predicted octanol–water partition coefficient (Wildman–Crippen LogP) is 9.99. The Bertz CT molecular complexity index is 94.7. The van der Waals surface area contributed by atoms with Crippen LogP contribution in [0.5, 0.6) is 0 Å². The number of hydrogen-bond acceptors (Lipinski definition) is 0. The van der Waals surface area contributed by atoms with E-state index in [0.29, 0.717) is 0 Å². The van der Waals surface area contributed by atoms with Gasteiger partial charge < -0.3 is 0 Å². The first-order valence-corrected chi connectivity index (χ1v) is 6.96. The second-order valence-corrected chi connectivity index (χ2v) is 1.22. The SMILES string of the molecule is C=C.C=C.C=C.C=C.C=C.C=C.C=C.C=C.C=CC.C=CC.C=CC. The highest BCUT2D eigenvalue weighted by Crippen LogP contribution is 1.38. The Morgan fingerprint density at radius 2 is 0.280 bits per heavy atom. The molecule has 0 radical (unpaired) electrons. The third kappa shape index (κ3) is 947. The molecular formula is C25H50. The maximum atomic E-state index is 3.36. The second-order valence-electron chi connectivity index (χ2n) is 1.22. The summed E-state index contributed by atoms with van der Waals surface area (Å²) in [6.45, 7) is 63.8. The molecule has 0 unspecified atom stereocenters. The lowest BCUT2D eigenvalue weighted by atomic mass is 10.8. The van der Waals surface area contributed by atoms with E-state index in [1.54, 1.807) is 18.2 Å². The Balaban J connectivity index is -0.00000000965. The van der Waals surface area contributed by atoms with Gasteiger partial charge in [0.2, 0.25) is 0 Å². The van der Waals surface area contributed by atoms with Crippen LogP contribution in [0.2, 0.25) is 0 Å².